The summed E-state index contributed by atoms with van der Waals surface area (Å²) in [7, 11) is 5.32. The van der Waals surface area contributed by atoms with Crippen LogP contribution in [0.3, 0.4) is 0 Å². The van der Waals surface area contributed by atoms with Gasteiger partial charge < -0.3 is 5.32 Å². The van der Waals surface area contributed by atoms with E-state index >= 15 is 0 Å². The third-order valence-corrected chi connectivity index (χ3v) is 1.92. The summed E-state index contributed by atoms with van der Waals surface area (Å²) in [4.78, 5) is 10.8. The van der Waals surface area contributed by atoms with Gasteiger partial charge in [-0.2, -0.15) is 8.78 Å². The average molecular weight is 179 g/mol. The second-order valence-electron chi connectivity index (χ2n) is 2.83. The van der Waals surface area contributed by atoms with Crippen LogP contribution < -0.4 is 10.8 Å². The van der Waals surface area contributed by atoms with E-state index in [-0.39, 0.29) is 16.7 Å². The van der Waals surface area contributed by atoms with Gasteiger partial charge in [-0.3, -0.25) is 4.79 Å². The zero-order chi connectivity index (χ0) is 9.64. The number of hydrogen-bond donors (Lipinski definition) is 1. The lowest BCUT2D eigenvalue weighted by Gasteiger charge is -2.06. The summed E-state index contributed by atoms with van der Waals surface area (Å²) in [6.45, 7) is 0. The molecule has 0 unspecified atom stereocenters. The number of fused-ring (bicyclic) bond motifs is 1. The van der Waals surface area contributed by atoms with Crippen molar-refractivity contribution in [3.8, 4) is 0 Å². The molecule has 1 aromatic carbocycles. The third-order valence-electron chi connectivity index (χ3n) is 1.92. The molecule has 2 nitrogen and oxygen atoms in total. The SMILES string of the molecule is [B]c1ccc2c(c1)C(F)(F)C(=O)N2. The molecule has 13 heavy (non-hydrogen) atoms. The molecule has 0 bridgehead atoms. The van der Waals surface area contributed by atoms with Crippen LogP contribution >= 0.6 is 0 Å². The van der Waals surface area contributed by atoms with E-state index in [0.29, 0.717) is 0 Å². The number of amides is 1. The second kappa shape index (κ2) is 2.31. The molecule has 1 amide bonds. The standard InChI is InChI=1S/C8H4BF2NO/c9-4-1-2-6-5(3-4)8(10,11)7(13)12-6/h1-3H,(H,12,13). The Hall–Kier alpha value is -1.39. The monoisotopic (exact) mass is 179 g/mol. The third kappa shape index (κ3) is 1.03. The van der Waals surface area contributed by atoms with E-state index in [0.717, 1.165) is 6.07 Å². The summed E-state index contributed by atoms with van der Waals surface area (Å²) in [5.74, 6) is -4.75. The van der Waals surface area contributed by atoms with Crippen LogP contribution in [-0.2, 0) is 10.7 Å². The Balaban J connectivity index is 2.64. The van der Waals surface area contributed by atoms with Gasteiger partial charge in [-0.15, -0.1) is 0 Å². The Bertz CT molecular complexity index is 392. The van der Waals surface area contributed by atoms with Gasteiger partial charge in [0.15, 0.2) is 0 Å². The van der Waals surface area contributed by atoms with Gasteiger partial charge in [-0.1, -0.05) is 17.6 Å². The smallest absolute Gasteiger partial charge is 0.320 e. The summed E-state index contributed by atoms with van der Waals surface area (Å²) in [6.07, 6.45) is 0. The van der Waals surface area contributed by atoms with Crippen LogP contribution in [0.5, 0.6) is 0 Å². The number of anilines is 1. The van der Waals surface area contributed by atoms with Crippen molar-refractivity contribution in [3.63, 3.8) is 0 Å². The Labute approximate surface area is 74.3 Å². The maximum absolute atomic E-state index is 13.0. The van der Waals surface area contributed by atoms with Crippen LogP contribution in [0.25, 0.3) is 0 Å². The molecule has 0 atom stereocenters. The first-order chi connectivity index (χ1) is 6.01. The van der Waals surface area contributed by atoms with Gasteiger partial charge in [0.05, 0.1) is 11.3 Å². The van der Waals surface area contributed by atoms with Crippen molar-refractivity contribution in [1.29, 1.82) is 0 Å². The van der Waals surface area contributed by atoms with Gasteiger partial charge in [0.25, 0.3) is 5.91 Å². The molecule has 0 fully saturated rings. The molecular weight excluding hydrogens is 175 g/mol. The lowest BCUT2D eigenvalue weighted by atomic mass is 9.93. The van der Waals surface area contributed by atoms with E-state index in [2.05, 4.69) is 5.32 Å². The first-order valence-corrected chi connectivity index (χ1v) is 3.61. The fraction of sp³-hybridized carbons (Fsp3) is 0.125. The quantitative estimate of drug-likeness (QED) is 0.578. The zero-order valence-electron chi connectivity index (χ0n) is 6.47. The van der Waals surface area contributed by atoms with Crippen molar-refractivity contribution in [3.05, 3.63) is 23.8 Å². The molecule has 5 heteroatoms. The first kappa shape index (κ1) is 8.22. The maximum Gasteiger partial charge on any atom is 0.352 e. The van der Waals surface area contributed by atoms with E-state index < -0.39 is 11.8 Å². The van der Waals surface area contributed by atoms with Crippen LogP contribution in [0.15, 0.2) is 18.2 Å². The second-order valence-corrected chi connectivity index (χ2v) is 2.83. The van der Waals surface area contributed by atoms with E-state index in [9.17, 15) is 13.6 Å². The van der Waals surface area contributed by atoms with Crippen molar-refractivity contribution >= 4 is 24.9 Å². The van der Waals surface area contributed by atoms with E-state index in [4.69, 9.17) is 7.85 Å². The van der Waals surface area contributed by atoms with Crippen LogP contribution in [0.1, 0.15) is 5.56 Å². The predicted octanol–water partition coefficient (Wildman–Crippen LogP) is 0.524. The van der Waals surface area contributed by atoms with Gasteiger partial charge in [0, 0.05) is 0 Å². The highest BCUT2D eigenvalue weighted by Crippen LogP contribution is 2.39. The van der Waals surface area contributed by atoms with Gasteiger partial charge in [0.2, 0.25) is 0 Å². The lowest BCUT2D eigenvalue weighted by Crippen LogP contribution is -2.24. The van der Waals surface area contributed by atoms with Crippen molar-refractivity contribution in [1.82, 2.24) is 0 Å². The predicted molar refractivity (Wildman–Crippen MR) is 44.4 cm³/mol. The van der Waals surface area contributed by atoms with E-state index in [1.54, 1.807) is 0 Å². The number of hydrogen-bond acceptors (Lipinski definition) is 1. The number of alkyl halides is 2. The molecule has 0 aromatic heterocycles. The maximum atomic E-state index is 13.0. The summed E-state index contributed by atoms with van der Waals surface area (Å²) < 4.78 is 26.1. The lowest BCUT2D eigenvalue weighted by molar-refractivity contribution is -0.139. The number of carbonyl (C=O) groups excluding carboxylic acids is 1. The van der Waals surface area contributed by atoms with E-state index in [1.165, 1.54) is 12.1 Å². The molecule has 0 saturated carbocycles. The average Bonchev–Trinajstić information content (AvgIpc) is 2.27. The molecule has 0 spiro atoms. The molecule has 1 heterocycles. The molecule has 2 rings (SSSR count). The normalized spacial score (nSPS) is 18.2. The molecular formula is C8H4BF2NO. The van der Waals surface area contributed by atoms with Crippen LogP contribution in [-0.4, -0.2) is 13.8 Å². The largest absolute Gasteiger partial charge is 0.352 e. The first-order valence-electron chi connectivity index (χ1n) is 3.61. The van der Waals surface area contributed by atoms with Crippen LogP contribution in [0.4, 0.5) is 14.5 Å². The molecule has 1 N–H and O–H groups in total. The molecule has 2 radical (unpaired) electrons. The molecule has 64 valence electrons. The number of rotatable bonds is 0. The highest BCUT2D eigenvalue weighted by molar-refractivity contribution is 6.32. The molecule has 1 aromatic rings. The van der Waals surface area contributed by atoms with Crippen molar-refractivity contribution in [2.75, 3.05) is 5.32 Å². The van der Waals surface area contributed by atoms with Crippen LogP contribution in [0, 0.1) is 0 Å². The van der Waals surface area contributed by atoms with Crippen molar-refractivity contribution in [2.24, 2.45) is 0 Å². The van der Waals surface area contributed by atoms with Gasteiger partial charge in [-0.25, -0.2) is 0 Å². The Morgan fingerprint density at radius 3 is 2.77 bits per heavy atom. The number of carbonyl (C=O) groups is 1. The van der Waals surface area contributed by atoms with Crippen molar-refractivity contribution in [2.45, 2.75) is 5.92 Å². The molecule has 0 aliphatic carbocycles. The van der Waals surface area contributed by atoms with Gasteiger partial charge in [0.1, 0.15) is 7.85 Å². The number of benzene rings is 1. The minimum Gasteiger partial charge on any atom is -0.320 e. The molecule has 0 saturated heterocycles. The summed E-state index contributed by atoms with van der Waals surface area (Å²) in [6, 6.07) is 3.93. The highest BCUT2D eigenvalue weighted by Gasteiger charge is 2.48. The van der Waals surface area contributed by atoms with Crippen LogP contribution in [0.2, 0.25) is 0 Å². The Morgan fingerprint density at radius 2 is 2.08 bits per heavy atom. The molecule has 1 aliphatic heterocycles. The Kier molecular flexibility index (Phi) is 1.46. The summed E-state index contributed by atoms with van der Waals surface area (Å²) in [5, 5.41) is 2.07. The summed E-state index contributed by atoms with van der Waals surface area (Å²) in [5.41, 5.74) is -0.00312. The zero-order valence-corrected chi connectivity index (χ0v) is 6.47. The van der Waals surface area contributed by atoms with Gasteiger partial charge in [-0.05, 0) is 6.07 Å². The highest BCUT2D eigenvalue weighted by atomic mass is 19.3. The summed E-state index contributed by atoms with van der Waals surface area (Å²) >= 11 is 0. The topological polar surface area (TPSA) is 29.1 Å². The van der Waals surface area contributed by atoms with E-state index in [1.807, 2.05) is 0 Å². The number of nitrogens with one attached hydrogen (secondary N) is 1. The minimum atomic E-state index is -3.45. The fourth-order valence-electron chi connectivity index (χ4n) is 1.25. The minimum absolute atomic E-state index is 0.129. The van der Waals surface area contributed by atoms with Crippen molar-refractivity contribution < 1.29 is 13.6 Å². The number of halogens is 2. The fourth-order valence-corrected chi connectivity index (χ4v) is 1.25. The Morgan fingerprint density at radius 1 is 1.38 bits per heavy atom. The molecule has 1 aliphatic rings. The van der Waals surface area contributed by atoms with Gasteiger partial charge >= 0.3 is 5.92 Å².